The van der Waals surface area contributed by atoms with Crippen molar-refractivity contribution in [2.45, 2.75) is 44.9 Å². The average Bonchev–Trinajstić information content (AvgIpc) is 3.71. The third kappa shape index (κ3) is 5.77. The van der Waals surface area contributed by atoms with Gasteiger partial charge in [-0.1, -0.05) is 24.3 Å². The van der Waals surface area contributed by atoms with Gasteiger partial charge >= 0.3 is 6.18 Å². The number of fused-ring (bicyclic) bond motifs is 1. The van der Waals surface area contributed by atoms with Crippen molar-refractivity contribution in [1.82, 2.24) is 25.1 Å². The molecule has 1 amide bonds. The van der Waals surface area contributed by atoms with E-state index in [-0.39, 0.29) is 5.56 Å². The topological polar surface area (TPSA) is 84.7 Å². The lowest BCUT2D eigenvalue weighted by Crippen LogP contribution is -2.27. The van der Waals surface area contributed by atoms with Gasteiger partial charge in [0.25, 0.3) is 5.91 Å². The summed E-state index contributed by atoms with van der Waals surface area (Å²) in [4.78, 5) is 21.9. The van der Waals surface area contributed by atoms with Gasteiger partial charge in [0.1, 0.15) is 0 Å². The summed E-state index contributed by atoms with van der Waals surface area (Å²) in [5, 5.41) is 11.3. The second-order valence-corrected chi connectivity index (χ2v) is 10.4. The molecule has 1 saturated carbocycles. The number of halogens is 3. The Labute approximate surface area is 234 Å². The third-order valence-corrected chi connectivity index (χ3v) is 7.23. The summed E-state index contributed by atoms with van der Waals surface area (Å²) in [5.74, 6) is -0.0815. The van der Waals surface area contributed by atoms with Crippen molar-refractivity contribution < 1.29 is 18.0 Å². The van der Waals surface area contributed by atoms with E-state index in [9.17, 15) is 18.0 Å². The minimum absolute atomic E-state index is 0.0425. The van der Waals surface area contributed by atoms with Gasteiger partial charge < -0.3 is 10.6 Å². The molecular formula is C31H27F3N6O. The van der Waals surface area contributed by atoms with Crippen molar-refractivity contribution in [3.05, 3.63) is 102 Å². The molecule has 10 heteroatoms. The number of amides is 1. The van der Waals surface area contributed by atoms with Gasteiger partial charge in [-0.3, -0.25) is 9.48 Å². The van der Waals surface area contributed by atoms with E-state index in [1.165, 1.54) is 12.1 Å². The van der Waals surface area contributed by atoms with E-state index in [1.54, 1.807) is 19.3 Å². The minimum Gasteiger partial charge on any atom is -0.346 e. The average molecular weight is 557 g/mol. The monoisotopic (exact) mass is 556 g/mol. The minimum atomic E-state index is -4.52. The van der Waals surface area contributed by atoms with Crippen molar-refractivity contribution in [2.75, 3.05) is 5.32 Å². The predicted molar refractivity (Wildman–Crippen MR) is 151 cm³/mol. The molecule has 3 aromatic carbocycles. The van der Waals surface area contributed by atoms with Gasteiger partial charge in [-0.2, -0.15) is 18.3 Å². The summed E-state index contributed by atoms with van der Waals surface area (Å²) < 4.78 is 41.2. The van der Waals surface area contributed by atoms with E-state index >= 15 is 0 Å². The van der Waals surface area contributed by atoms with Gasteiger partial charge in [-0.15, -0.1) is 0 Å². The summed E-state index contributed by atoms with van der Waals surface area (Å²) in [5.41, 5.74) is 4.53. The van der Waals surface area contributed by atoms with Crippen LogP contribution in [-0.4, -0.2) is 25.7 Å². The van der Waals surface area contributed by atoms with Crippen molar-refractivity contribution in [3.8, 4) is 11.1 Å². The van der Waals surface area contributed by atoms with Crippen LogP contribution in [0, 0.1) is 6.92 Å². The van der Waals surface area contributed by atoms with Gasteiger partial charge in [0.15, 0.2) is 0 Å². The Bertz CT molecular complexity index is 1760. The molecule has 7 nitrogen and oxygen atoms in total. The molecule has 208 valence electrons. The number of benzene rings is 3. The molecule has 0 aliphatic heterocycles. The van der Waals surface area contributed by atoms with Crippen LogP contribution in [-0.2, 0) is 6.18 Å². The molecule has 0 spiro atoms. The van der Waals surface area contributed by atoms with Crippen molar-refractivity contribution in [2.24, 2.45) is 0 Å². The first kappa shape index (κ1) is 26.5. The standard InChI is InChI=1S/C31H27F3N6O/c1-18-6-7-20(19(2)37-29(41)22-4-3-5-24(13-22)31(32,33)34)14-27(18)21-8-11-28-23(12-21)15-35-30(39-28)38-25-16-36-40(17-25)26-9-10-26/h3-8,11-17,19,26H,9-10H2,1-2H3,(H,37,41)(H,35,38,39)/t19-/m1/s1. The Balaban J connectivity index is 1.20. The number of anilines is 2. The fourth-order valence-electron chi connectivity index (χ4n) is 4.75. The van der Waals surface area contributed by atoms with Gasteiger partial charge in [0.05, 0.1) is 35.0 Å². The Morgan fingerprint density at radius 1 is 1.05 bits per heavy atom. The Morgan fingerprint density at radius 2 is 1.88 bits per heavy atom. The lowest BCUT2D eigenvalue weighted by atomic mass is 9.95. The number of nitrogens with zero attached hydrogens (tertiary/aromatic N) is 4. The van der Waals surface area contributed by atoms with Crippen molar-refractivity contribution >= 4 is 28.4 Å². The highest BCUT2D eigenvalue weighted by molar-refractivity contribution is 5.94. The molecule has 5 aromatic rings. The maximum absolute atomic E-state index is 13.1. The summed E-state index contributed by atoms with van der Waals surface area (Å²) in [6, 6.07) is 16.3. The van der Waals surface area contributed by atoms with Gasteiger partial charge in [-0.05, 0) is 85.3 Å². The first-order chi connectivity index (χ1) is 19.6. The maximum Gasteiger partial charge on any atom is 0.416 e. The number of hydrogen-bond acceptors (Lipinski definition) is 5. The second-order valence-electron chi connectivity index (χ2n) is 10.4. The highest BCUT2D eigenvalue weighted by atomic mass is 19.4. The van der Waals surface area contributed by atoms with Crippen LogP contribution >= 0.6 is 0 Å². The zero-order valence-electron chi connectivity index (χ0n) is 22.4. The smallest absolute Gasteiger partial charge is 0.346 e. The maximum atomic E-state index is 13.1. The molecule has 1 atom stereocenters. The summed E-state index contributed by atoms with van der Waals surface area (Å²) in [6.45, 7) is 3.80. The van der Waals surface area contributed by atoms with Crippen LogP contribution in [0.25, 0.3) is 22.0 Å². The molecule has 1 aliphatic rings. The molecule has 2 N–H and O–H groups in total. The third-order valence-electron chi connectivity index (χ3n) is 7.23. The molecule has 0 saturated heterocycles. The predicted octanol–water partition coefficient (Wildman–Crippen LogP) is 7.39. The lowest BCUT2D eigenvalue weighted by molar-refractivity contribution is -0.137. The van der Waals surface area contributed by atoms with Crippen LogP contribution in [0.1, 0.15) is 58.9 Å². The van der Waals surface area contributed by atoms with Crippen LogP contribution < -0.4 is 10.6 Å². The SMILES string of the molecule is Cc1ccc([C@@H](C)NC(=O)c2cccc(C(F)(F)F)c2)cc1-c1ccc2nc(Nc3cnn(C4CC4)c3)ncc2c1. The molecule has 2 aromatic heterocycles. The zero-order valence-corrected chi connectivity index (χ0v) is 22.4. The quantitative estimate of drug-likeness (QED) is 0.218. The summed E-state index contributed by atoms with van der Waals surface area (Å²) >= 11 is 0. The van der Waals surface area contributed by atoms with Gasteiger partial charge in [0.2, 0.25) is 5.95 Å². The summed E-state index contributed by atoms with van der Waals surface area (Å²) in [6.07, 6.45) is 3.31. The van der Waals surface area contributed by atoms with Crippen LogP contribution in [0.4, 0.5) is 24.8 Å². The fraction of sp³-hybridized carbons (Fsp3) is 0.226. The normalized spacial score (nSPS) is 14.2. The number of aromatic nitrogens is 4. The van der Waals surface area contributed by atoms with Crippen molar-refractivity contribution in [1.29, 1.82) is 0 Å². The van der Waals surface area contributed by atoms with Gasteiger partial charge in [-0.25, -0.2) is 9.97 Å². The van der Waals surface area contributed by atoms with E-state index in [1.807, 2.05) is 54.2 Å². The van der Waals surface area contributed by atoms with Crippen LogP contribution in [0.2, 0.25) is 0 Å². The van der Waals surface area contributed by atoms with E-state index in [0.29, 0.717) is 12.0 Å². The molecular weight excluding hydrogens is 529 g/mol. The highest BCUT2D eigenvalue weighted by Crippen LogP contribution is 2.35. The van der Waals surface area contributed by atoms with Crippen LogP contribution in [0.3, 0.4) is 0 Å². The Hall–Kier alpha value is -4.73. The number of carbonyl (C=O) groups is 1. The van der Waals surface area contributed by atoms with Gasteiger partial charge in [0, 0.05) is 23.3 Å². The number of nitrogens with one attached hydrogen (secondary N) is 2. The largest absolute Gasteiger partial charge is 0.416 e. The Morgan fingerprint density at radius 3 is 2.66 bits per heavy atom. The molecule has 41 heavy (non-hydrogen) atoms. The van der Waals surface area contributed by atoms with Crippen LogP contribution in [0.5, 0.6) is 0 Å². The molecule has 0 radical (unpaired) electrons. The van der Waals surface area contributed by atoms with Crippen LogP contribution in [0.15, 0.2) is 79.3 Å². The molecule has 6 rings (SSSR count). The first-order valence-corrected chi connectivity index (χ1v) is 13.3. The molecule has 0 unspecified atom stereocenters. The summed E-state index contributed by atoms with van der Waals surface area (Å²) in [7, 11) is 0. The molecule has 0 bridgehead atoms. The zero-order chi connectivity index (χ0) is 28.7. The molecule has 2 heterocycles. The lowest BCUT2D eigenvalue weighted by Gasteiger charge is -2.17. The number of rotatable bonds is 7. The van der Waals surface area contributed by atoms with E-state index < -0.39 is 23.7 Å². The van der Waals surface area contributed by atoms with E-state index in [2.05, 4.69) is 25.7 Å². The number of aryl methyl sites for hydroxylation is 1. The highest BCUT2D eigenvalue weighted by Gasteiger charge is 2.31. The first-order valence-electron chi connectivity index (χ1n) is 13.3. The number of alkyl halides is 3. The fourth-order valence-corrected chi connectivity index (χ4v) is 4.75. The second kappa shape index (κ2) is 10.3. The van der Waals surface area contributed by atoms with E-state index in [4.69, 9.17) is 0 Å². The molecule has 1 fully saturated rings. The molecule has 1 aliphatic carbocycles. The Kier molecular flexibility index (Phi) is 6.69. The number of hydrogen-bond donors (Lipinski definition) is 2. The van der Waals surface area contributed by atoms with Crippen molar-refractivity contribution in [3.63, 3.8) is 0 Å². The number of carbonyl (C=O) groups excluding carboxylic acids is 1. The van der Waals surface area contributed by atoms with E-state index in [0.717, 1.165) is 63.8 Å².